The Bertz CT molecular complexity index is 633. The van der Waals surface area contributed by atoms with Crippen LogP contribution in [0.5, 0.6) is 0 Å². The van der Waals surface area contributed by atoms with Crippen molar-refractivity contribution in [2.24, 2.45) is 4.99 Å². The van der Waals surface area contributed by atoms with Crippen molar-refractivity contribution in [2.45, 2.75) is 19.1 Å². The minimum absolute atomic E-state index is 0.0256. The molecule has 0 aromatic heterocycles. The van der Waals surface area contributed by atoms with Crippen LogP contribution >= 0.6 is 0 Å². The van der Waals surface area contributed by atoms with Gasteiger partial charge in [0, 0.05) is 39.8 Å². The first-order chi connectivity index (χ1) is 12.8. The Hall–Kier alpha value is -1.87. The van der Waals surface area contributed by atoms with Gasteiger partial charge in [0.05, 0.1) is 5.56 Å². The highest BCUT2D eigenvalue weighted by Gasteiger charge is 2.33. The highest BCUT2D eigenvalue weighted by molar-refractivity contribution is 5.79. The Morgan fingerprint density at radius 1 is 1.15 bits per heavy atom. The molecule has 9 heteroatoms. The van der Waals surface area contributed by atoms with Crippen LogP contribution < -0.4 is 10.6 Å². The lowest BCUT2D eigenvalue weighted by atomic mass is 10.1. The first kappa shape index (κ1) is 21.4. The average molecular weight is 389 g/mol. The third-order valence-electron chi connectivity index (χ3n) is 4.58. The van der Waals surface area contributed by atoms with Gasteiger partial charge in [-0.05, 0) is 44.3 Å². The van der Waals surface area contributed by atoms with Gasteiger partial charge in [-0.1, -0.05) is 6.07 Å². The maximum atomic E-state index is 13.2. The van der Waals surface area contributed by atoms with Crippen LogP contribution in [0.25, 0.3) is 0 Å². The molecule has 152 valence electrons. The zero-order chi connectivity index (χ0) is 19.9. The lowest BCUT2D eigenvalue weighted by Gasteiger charge is -2.21. The van der Waals surface area contributed by atoms with E-state index in [-0.39, 0.29) is 12.1 Å². The number of nitrogens with zero attached hydrogens (tertiary/aromatic N) is 3. The van der Waals surface area contributed by atoms with Crippen molar-refractivity contribution in [3.8, 4) is 0 Å². The van der Waals surface area contributed by atoms with Crippen LogP contribution in [0.15, 0.2) is 23.2 Å². The maximum absolute atomic E-state index is 13.2. The van der Waals surface area contributed by atoms with Crippen molar-refractivity contribution in [1.29, 1.82) is 0 Å². The fourth-order valence-corrected chi connectivity index (χ4v) is 3.02. The van der Waals surface area contributed by atoms with Crippen molar-refractivity contribution in [3.63, 3.8) is 0 Å². The van der Waals surface area contributed by atoms with Gasteiger partial charge >= 0.3 is 6.18 Å². The largest absolute Gasteiger partial charge is 0.416 e. The standard InChI is InChI=1S/C18H27F4N5/c1-23-17(24-6-9-27-8-3-7-26(2)10-11-27)25-13-14-4-5-15(19)12-16(14)18(20,21)22/h4-5,12H,3,6-11,13H2,1-2H3,(H2,23,24,25). The molecule has 1 saturated heterocycles. The van der Waals surface area contributed by atoms with Crippen LogP contribution in [0.2, 0.25) is 0 Å². The molecule has 0 spiro atoms. The molecule has 0 saturated carbocycles. The summed E-state index contributed by atoms with van der Waals surface area (Å²) < 4.78 is 52.3. The van der Waals surface area contributed by atoms with E-state index in [9.17, 15) is 17.6 Å². The van der Waals surface area contributed by atoms with Crippen molar-refractivity contribution >= 4 is 5.96 Å². The molecule has 2 N–H and O–H groups in total. The maximum Gasteiger partial charge on any atom is 0.416 e. The highest BCUT2D eigenvalue weighted by Crippen LogP contribution is 2.32. The number of hydrogen-bond donors (Lipinski definition) is 2. The van der Waals surface area contributed by atoms with Crippen LogP contribution in [-0.4, -0.2) is 69.1 Å². The predicted molar refractivity (Wildman–Crippen MR) is 98.2 cm³/mol. The van der Waals surface area contributed by atoms with Crippen molar-refractivity contribution in [2.75, 3.05) is 53.4 Å². The van der Waals surface area contributed by atoms with Gasteiger partial charge in [-0.25, -0.2) is 4.39 Å². The molecule has 1 heterocycles. The smallest absolute Gasteiger partial charge is 0.355 e. The van der Waals surface area contributed by atoms with E-state index in [4.69, 9.17) is 0 Å². The molecule has 0 amide bonds. The quantitative estimate of drug-likeness (QED) is 0.460. The van der Waals surface area contributed by atoms with E-state index in [1.54, 1.807) is 7.05 Å². The van der Waals surface area contributed by atoms with Crippen molar-refractivity contribution < 1.29 is 17.6 Å². The summed E-state index contributed by atoms with van der Waals surface area (Å²) in [5.41, 5.74) is -0.999. The number of benzene rings is 1. The topological polar surface area (TPSA) is 42.9 Å². The summed E-state index contributed by atoms with van der Waals surface area (Å²) in [5, 5.41) is 5.98. The number of alkyl halides is 3. The molecule has 1 aromatic carbocycles. The monoisotopic (exact) mass is 389 g/mol. The molecule has 1 aromatic rings. The summed E-state index contributed by atoms with van der Waals surface area (Å²) >= 11 is 0. The summed E-state index contributed by atoms with van der Waals surface area (Å²) in [5.74, 6) is -0.490. The highest BCUT2D eigenvalue weighted by atomic mass is 19.4. The second-order valence-corrected chi connectivity index (χ2v) is 6.65. The molecule has 27 heavy (non-hydrogen) atoms. The number of aliphatic imine (C=N–C) groups is 1. The lowest BCUT2D eigenvalue weighted by Crippen LogP contribution is -2.42. The molecule has 5 nitrogen and oxygen atoms in total. The summed E-state index contributed by atoms with van der Waals surface area (Å²) in [4.78, 5) is 8.69. The van der Waals surface area contributed by atoms with Crippen LogP contribution in [-0.2, 0) is 12.7 Å². The molecular weight excluding hydrogens is 362 g/mol. The predicted octanol–water partition coefficient (Wildman–Crippen LogP) is 2.15. The number of likely N-dealkylation sites (N-methyl/N-ethyl adjacent to an activating group) is 1. The molecule has 0 unspecified atom stereocenters. The van der Waals surface area contributed by atoms with E-state index >= 15 is 0 Å². The van der Waals surface area contributed by atoms with Crippen molar-refractivity contribution in [1.82, 2.24) is 20.4 Å². The van der Waals surface area contributed by atoms with Crippen molar-refractivity contribution in [3.05, 3.63) is 35.1 Å². The van der Waals surface area contributed by atoms with Gasteiger partial charge in [0.1, 0.15) is 5.82 Å². The van der Waals surface area contributed by atoms with Gasteiger partial charge < -0.3 is 20.4 Å². The first-order valence-electron chi connectivity index (χ1n) is 9.00. The first-order valence-corrected chi connectivity index (χ1v) is 9.00. The van der Waals surface area contributed by atoms with Gasteiger partial charge in [-0.3, -0.25) is 4.99 Å². The summed E-state index contributed by atoms with van der Waals surface area (Å²) in [6.45, 7) is 5.52. The molecule has 1 aliphatic heterocycles. The van der Waals surface area contributed by atoms with Gasteiger partial charge in [0.25, 0.3) is 0 Å². The van der Waals surface area contributed by atoms with Gasteiger partial charge in [-0.15, -0.1) is 0 Å². The lowest BCUT2D eigenvalue weighted by molar-refractivity contribution is -0.138. The fraction of sp³-hybridized carbons (Fsp3) is 0.611. The Morgan fingerprint density at radius 2 is 1.93 bits per heavy atom. The van der Waals surface area contributed by atoms with Gasteiger partial charge in [-0.2, -0.15) is 13.2 Å². The minimum Gasteiger partial charge on any atom is -0.355 e. The van der Waals surface area contributed by atoms with Crippen LogP contribution in [0.3, 0.4) is 0 Å². The fourth-order valence-electron chi connectivity index (χ4n) is 3.02. The van der Waals surface area contributed by atoms with E-state index in [1.165, 1.54) is 0 Å². The van der Waals surface area contributed by atoms with Gasteiger partial charge in [0.15, 0.2) is 5.96 Å². The van der Waals surface area contributed by atoms with E-state index in [1.807, 2.05) is 0 Å². The Balaban J connectivity index is 1.84. The Morgan fingerprint density at radius 3 is 2.63 bits per heavy atom. The number of nitrogens with one attached hydrogen (secondary N) is 2. The third kappa shape index (κ3) is 6.99. The molecule has 0 aliphatic carbocycles. The van der Waals surface area contributed by atoms with Crippen LogP contribution in [0.1, 0.15) is 17.5 Å². The Kier molecular flexibility index (Phi) is 7.85. The molecule has 2 rings (SSSR count). The molecule has 0 radical (unpaired) electrons. The van der Waals surface area contributed by atoms with E-state index in [0.29, 0.717) is 18.6 Å². The second-order valence-electron chi connectivity index (χ2n) is 6.65. The second kappa shape index (κ2) is 9.89. The number of rotatable bonds is 5. The zero-order valence-corrected chi connectivity index (χ0v) is 15.7. The number of guanidine groups is 1. The normalized spacial score (nSPS) is 17.6. The molecule has 0 bridgehead atoms. The van der Waals surface area contributed by atoms with E-state index in [2.05, 4.69) is 32.5 Å². The molecule has 1 aliphatic rings. The zero-order valence-electron chi connectivity index (χ0n) is 15.7. The minimum atomic E-state index is -4.60. The molecular formula is C18H27F4N5. The molecule has 1 fully saturated rings. The summed E-state index contributed by atoms with van der Waals surface area (Å²) in [7, 11) is 3.67. The van der Waals surface area contributed by atoms with Crippen LogP contribution in [0.4, 0.5) is 17.6 Å². The van der Waals surface area contributed by atoms with Crippen LogP contribution in [0, 0.1) is 5.82 Å². The SMILES string of the molecule is CN=C(NCCN1CCCN(C)CC1)NCc1ccc(F)cc1C(F)(F)F. The summed E-state index contributed by atoms with van der Waals surface area (Å²) in [6, 6.07) is 2.69. The third-order valence-corrected chi connectivity index (χ3v) is 4.58. The molecule has 0 atom stereocenters. The van der Waals surface area contributed by atoms with E-state index < -0.39 is 17.6 Å². The number of hydrogen-bond acceptors (Lipinski definition) is 3. The number of halogens is 4. The summed E-state index contributed by atoms with van der Waals surface area (Å²) in [6.07, 6.45) is -3.48. The van der Waals surface area contributed by atoms with E-state index in [0.717, 1.165) is 51.3 Å². The average Bonchev–Trinajstić information content (AvgIpc) is 2.82. The Labute approximate surface area is 157 Å². The van der Waals surface area contributed by atoms with Gasteiger partial charge in [0.2, 0.25) is 0 Å².